The monoisotopic (exact) mass is 290 g/mol. The van der Waals surface area contributed by atoms with Crippen LogP contribution in [0.1, 0.15) is 6.42 Å². The van der Waals surface area contributed by atoms with Crippen LogP contribution in [0, 0.1) is 0 Å². The van der Waals surface area contributed by atoms with Crippen LogP contribution in [-0.4, -0.2) is 30.1 Å². The number of aliphatic hydroxyl groups is 1. The van der Waals surface area contributed by atoms with Gasteiger partial charge in [0.25, 0.3) is 0 Å². The highest BCUT2D eigenvalue weighted by Crippen LogP contribution is 2.22. The molecule has 98 valence electrons. The Kier molecular flexibility index (Phi) is 5.91. The molecule has 0 aliphatic heterocycles. The molecule has 0 unspecified atom stereocenters. The van der Waals surface area contributed by atoms with Gasteiger partial charge in [-0.3, -0.25) is 9.59 Å². The van der Waals surface area contributed by atoms with E-state index in [9.17, 15) is 9.59 Å². The Morgan fingerprint density at radius 3 is 2.28 bits per heavy atom. The van der Waals surface area contributed by atoms with Gasteiger partial charge in [0.05, 0.1) is 0 Å². The molecule has 0 aliphatic rings. The summed E-state index contributed by atoms with van der Waals surface area (Å²) in [5.41, 5.74) is 0.342. The van der Waals surface area contributed by atoms with Crippen LogP contribution in [0.5, 0.6) is 0 Å². The first kappa shape index (κ1) is 14.8. The largest absolute Gasteiger partial charge is 0.396 e. The molecule has 0 aliphatic carbocycles. The topological polar surface area (TPSA) is 78.4 Å². The zero-order chi connectivity index (χ0) is 13.5. The van der Waals surface area contributed by atoms with Crippen LogP contribution in [0.25, 0.3) is 0 Å². The van der Waals surface area contributed by atoms with Gasteiger partial charge in [0.15, 0.2) is 0 Å². The first-order valence-corrected chi connectivity index (χ1v) is 5.94. The minimum atomic E-state index is -0.814. The highest BCUT2D eigenvalue weighted by molar-refractivity contribution is 6.40. The van der Waals surface area contributed by atoms with Gasteiger partial charge in [-0.2, -0.15) is 0 Å². The molecule has 1 rings (SSSR count). The summed E-state index contributed by atoms with van der Waals surface area (Å²) in [4.78, 5) is 22.8. The van der Waals surface area contributed by atoms with E-state index in [4.69, 9.17) is 28.3 Å². The van der Waals surface area contributed by atoms with E-state index in [-0.39, 0.29) is 13.2 Å². The fourth-order valence-electron chi connectivity index (χ4n) is 1.18. The number of nitrogens with one attached hydrogen (secondary N) is 2. The second-order valence-electron chi connectivity index (χ2n) is 3.45. The van der Waals surface area contributed by atoms with Gasteiger partial charge in [0.2, 0.25) is 0 Å². The molecular formula is C11H12Cl2N2O3. The van der Waals surface area contributed by atoms with Gasteiger partial charge < -0.3 is 15.7 Å². The van der Waals surface area contributed by atoms with Gasteiger partial charge in [-0.1, -0.05) is 23.2 Å². The van der Waals surface area contributed by atoms with Gasteiger partial charge >= 0.3 is 11.8 Å². The van der Waals surface area contributed by atoms with Crippen molar-refractivity contribution in [3.63, 3.8) is 0 Å². The third-order valence-electron chi connectivity index (χ3n) is 1.95. The summed E-state index contributed by atoms with van der Waals surface area (Å²) >= 11 is 11.5. The van der Waals surface area contributed by atoms with Crippen molar-refractivity contribution >= 4 is 40.7 Å². The number of benzene rings is 1. The van der Waals surface area contributed by atoms with Gasteiger partial charge in [0, 0.05) is 28.9 Å². The van der Waals surface area contributed by atoms with E-state index in [1.54, 1.807) is 0 Å². The molecule has 2 amide bonds. The first-order valence-electron chi connectivity index (χ1n) is 5.19. The molecule has 0 radical (unpaired) electrons. The molecule has 3 N–H and O–H groups in total. The Labute approximate surface area is 114 Å². The third-order valence-corrected chi connectivity index (χ3v) is 2.38. The molecule has 0 bridgehead atoms. The molecular weight excluding hydrogens is 279 g/mol. The fraction of sp³-hybridized carbons (Fsp3) is 0.273. The van der Waals surface area contributed by atoms with Crippen molar-refractivity contribution in [1.82, 2.24) is 5.32 Å². The van der Waals surface area contributed by atoms with Crippen LogP contribution < -0.4 is 10.6 Å². The quantitative estimate of drug-likeness (QED) is 0.580. The minimum Gasteiger partial charge on any atom is -0.396 e. The lowest BCUT2D eigenvalue weighted by Gasteiger charge is -2.06. The molecule has 0 aromatic heterocycles. The van der Waals surface area contributed by atoms with Crippen LogP contribution in [0.3, 0.4) is 0 Å². The van der Waals surface area contributed by atoms with Gasteiger partial charge in [-0.25, -0.2) is 0 Å². The molecule has 0 saturated carbocycles. The van der Waals surface area contributed by atoms with E-state index in [0.717, 1.165) is 0 Å². The maximum absolute atomic E-state index is 11.5. The van der Waals surface area contributed by atoms with E-state index in [1.165, 1.54) is 18.2 Å². The number of anilines is 1. The van der Waals surface area contributed by atoms with Crippen LogP contribution in [-0.2, 0) is 9.59 Å². The summed E-state index contributed by atoms with van der Waals surface area (Å²) in [7, 11) is 0. The average Bonchev–Trinajstić information content (AvgIpc) is 2.27. The van der Waals surface area contributed by atoms with Crippen LogP contribution in [0.4, 0.5) is 5.69 Å². The fourth-order valence-corrected chi connectivity index (χ4v) is 1.70. The van der Waals surface area contributed by atoms with Gasteiger partial charge in [0.1, 0.15) is 0 Å². The lowest BCUT2D eigenvalue weighted by atomic mass is 10.3. The number of amides is 2. The molecule has 7 heteroatoms. The smallest absolute Gasteiger partial charge is 0.313 e. The number of carbonyl (C=O) groups excluding carboxylic acids is 2. The molecule has 1 aromatic rings. The maximum Gasteiger partial charge on any atom is 0.313 e. The summed E-state index contributed by atoms with van der Waals surface area (Å²) in [5, 5.41) is 14.0. The number of hydrogen-bond donors (Lipinski definition) is 3. The van der Waals surface area contributed by atoms with Crippen molar-refractivity contribution < 1.29 is 14.7 Å². The summed E-state index contributed by atoms with van der Waals surface area (Å²) in [5.74, 6) is -1.59. The van der Waals surface area contributed by atoms with Gasteiger partial charge in [-0.15, -0.1) is 0 Å². The SMILES string of the molecule is O=C(NCCCO)C(=O)Nc1cc(Cl)cc(Cl)c1. The summed E-state index contributed by atoms with van der Waals surface area (Å²) < 4.78 is 0. The van der Waals surface area contributed by atoms with Crippen molar-refractivity contribution in [2.24, 2.45) is 0 Å². The predicted octanol–water partition coefficient (Wildman–Crippen LogP) is 1.43. The number of rotatable bonds is 4. The summed E-state index contributed by atoms with van der Waals surface area (Å²) in [6.45, 7) is 0.185. The molecule has 1 aromatic carbocycles. The molecule has 18 heavy (non-hydrogen) atoms. The highest BCUT2D eigenvalue weighted by Gasteiger charge is 2.13. The summed E-state index contributed by atoms with van der Waals surface area (Å²) in [6, 6.07) is 4.47. The number of carbonyl (C=O) groups is 2. The van der Waals surface area contributed by atoms with Crippen LogP contribution >= 0.6 is 23.2 Å². The Bertz CT molecular complexity index is 432. The van der Waals surface area contributed by atoms with Crippen LogP contribution in [0.15, 0.2) is 18.2 Å². The van der Waals surface area contributed by atoms with E-state index in [1.807, 2.05) is 0 Å². The molecule has 0 atom stereocenters. The second kappa shape index (κ2) is 7.20. The maximum atomic E-state index is 11.5. The minimum absolute atomic E-state index is 0.0498. The van der Waals surface area contributed by atoms with Crippen molar-refractivity contribution in [2.75, 3.05) is 18.5 Å². The molecule has 0 heterocycles. The zero-order valence-corrected chi connectivity index (χ0v) is 10.9. The van der Waals surface area contributed by atoms with E-state index in [0.29, 0.717) is 22.2 Å². The molecule has 0 spiro atoms. The van der Waals surface area contributed by atoms with Crippen molar-refractivity contribution in [1.29, 1.82) is 0 Å². The normalized spacial score (nSPS) is 9.94. The summed E-state index contributed by atoms with van der Waals surface area (Å²) in [6.07, 6.45) is 0.391. The zero-order valence-electron chi connectivity index (χ0n) is 9.37. The molecule has 0 saturated heterocycles. The standard InChI is InChI=1S/C11H12Cl2N2O3/c12-7-4-8(13)6-9(5-7)15-11(18)10(17)14-2-1-3-16/h4-6,16H,1-3H2,(H,14,17)(H,15,18). The average molecular weight is 291 g/mol. The highest BCUT2D eigenvalue weighted by atomic mass is 35.5. The van der Waals surface area contributed by atoms with Crippen molar-refractivity contribution in [2.45, 2.75) is 6.42 Å². The Balaban J connectivity index is 2.55. The molecule has 0 fully saturated rings. The van der Waals surface area contributed by atoms with Crippen LogP contribution in [0.2, 0.25) is 10.0 Å². The molecule has 5 nitrogen and oxygen atoms in total. The Morgan fingerprint density at radius 2 is 1.72 bits per heavy atom. The van der Waals surface area contributed by atoms with Gasteiger partial charge in [-0.05, 0) is 24.6 Å². The number of halogens is 2. The Morgan fingerprint density at radius 1 is 1.11 bits per heavy atom. The van der Waals surface area contributed by atoms with Crippen molar-refractivity contribution in [3.05, 3.63) is 28.2 Å². The lowest BCUT2D eigenvalue weighted by Crippen LogP contribution is -2.36. The first-order chi connectivity index (χ1) is 8.52. The van der Waals surface area contributed by atoms with E-state index < -0.39 is 11.8 Å². The Hall–Kier alpha value is -1.30. The predicted molar refractivity (Wildman–Crippen MR) is 69.8 cm³/mol. The number of aliphatic hydroxyl groups excluding tert-OH is 1. The lowest BCUT2D eigenvalue weighted by molar-refractivity contribution is -0.136. The third kappa shape index (κ3) is 4.91. The number of hydrogen-bond acceptors (Lipinski definition) is 3. The van der Waals surface area contributed by atoms with Crippen molar-refractivity contribution in [3.8, 4) is 0 Å². The van der Waals surface area contributed by atoms with E-state index >= 15 is 0 Å². The van der Waals surface area contributed by atoms with E-state index in [2.05, 4.69) is 10.6 Å². The second-order valence-corrected chi connectivity index (χ2v) is 4.32.